The second-order valence-electron chi connectivity index (χ2n) is 3.10. The van der Waals surface area contributed by atoms with Crippen LogP contribution in [0.15, 0.2) is 24.4 Å². The van der Waals surface area contributed by atoms with Crippen LogP contribution in [0.2, 0.25) is 4.47 Å². The maximum Gasteiger partial charge on any atom is 0.183 e. The largest absolute Gasteiger partial charge is 0.505 e. The average Bonchev–Trinajstić information content (AvgIpc) is 2.66. The molecule has 0 aliphatic rings. The van der Waals surface area contributed by atoms with Gasteiger partial charge in [0.05, 0.1) is 6.54 Å². The SMILES string of the molecule is Oc1ccc(NCc2cnc(Cl)s2)cc1F. The highest BCUT2D eigenvalue weighted by atomic mass is 35.5. The van der Waals surface area contributed by atoms with Crippen LogP contribution in [-0.4, -0.2) is 10.1 Å². The van der Waals surface area contributed by atoms with E-state index in [1.54, 1.807) is 12.3 Å². The van der Waals surface area contributed by atoms with E-state index in [9.17, 15) is 4.39 Å². The molecule has 0 unspecified atom stereocenters. The van der Waals surface area contributed by atoms with Gasteiger partial charge in [-0.3, -0.25) is 0 Å². The second kappa shape index (κ2) is 4.67. The number of hydrogen-bond donors (Lipinski definition) is 2. The van der Waals surface area contributed by atoms with Gasteiger partial charge in [-0.1, -0.05) is 11.6 Å². The summed E-state index contributed by atoms with van der Waals surface area (Å²) in [6.07, 6.45) is 1.66. The summed E-state index contributed by atoms with van der Waals surface area (Å²) in [7, 11) is 0. The van der Waals surface area contributed by atoms with E-state index in [-0.39, 0.29) is 5.75 Å². The molecule has 0 aliphatic carbocycles. The quantitative estimate of drug-likeness (QED) is 0.831. The third kappa shape index (κ3) is 2.62. The lowest BCUT2D eigenvalue weighted by Gasteiger charge is -2.04. The Balaban J connectivity index is 2.02. The first-order valence-corrected chi connectivity index (χ1v) is 5.67. The van der Waals surface area contributed by atoms with Crippen molar-refractivity contribution < 1.29 is 9.50 Å². The molecule has 0 radical (unpaired) electrons. The molecule has 84 valence electrons. The van der Waals surface area contributed by atoms with Gasteiger partial charge < -0.3 is 10.4 Å². The standard InChI is InChI=1S/C10H8ClFN2OS/c11-10-14-5-7(16-10)4-13-6-1-2-9(15)8(12)3-6/h1-3,5,13,15H,4H2. The molecule has 1 aromatic carbocycles. The number of rotatable bonds is 3. The third-order valence-electron chi connectivity index (χ3n) is 1.94. The van der Waals surface area contributed by atoms with Crippen molar-refractivity contribution in [3.05, 3.63) is 39.6 Å². The maximum absolute atomic E-state index is 13.0. The van der Waals surface area contributed by atoms with Gasteiger partial charge in [-0.25, -0.2) is 9.37 Å². The van der Waals surface area contributed by atoms with E-state index < -0.39 is 5.82 Å². The minimum Gasteiger partial charge on any atom is -0.505 e. The van der Waals surface area contributed by atoms with Crippen LogP contribution in [0.5, 0.6) is 5.75 Å². The number of phenolic OH excluding ortho intramolecular Hbond substituents is 1. The number of nitrogens with zero attached hydrogens (tertiary/aromatic N) is 1. The smallest absolute Gasteiger partial charge is 0.183 e. The van der Waals surface area contributed by atoms with Gasteiger partial charge in [-0.2, -0.15) is 0 Å². The molecule has 0 amide bonds. The van der Waals surface area contributed by atoms with Crippen molar-refractivity contribution >= 4 is 28.6 Å². The Kier molecular flexibility index (Phi) is 3.26. The van der Waals surface area contributed by atoms with Gasteiger partial charge in [0.1, 0.15) is 0 Å². The Morgan fingerprint density at radius 2 is 2.31 bits per heavy atom. The summed E-state index contributed by atoms with van der Waals surface area (Å²) >= 11 is 7.04. The molecule has 16 heavy (non-hydrogen) atoms. The summed E-state index contributed by atoms with van der Waals surface area (Å²) < 4.78 is 13.5. The number of benzene rings is 1. The molecule has 0 spiro atoms. The predicted octanol–water partition coefficient (Wildman–Crippen LogP) is 3.25. The highest BCUT2D eigenvalue weighted by Crippen LogP contribution is 2.22. The van der Waals surface area contributed by atoms with Gasteiger partial charge in [0.15, 0.2) is 16.0 Å². The Morgan fingerprint density at radius 3 is 2.94 bits per heavy atom. The summed E-state index contributed by atoms with van der Waals surface area (Å²) in [6.45, 7) is 0.522. The molecule has 0 bridgehead atoms. The lowest BCUT2D eigenvalue weighted by atomic mass is 10.3. The van der Waals surface area contributed by atoms with E-state index in [0.717, 1.165) is 4.88 Å². The number of halogens is 2. The van der Waals surface area contributed by atoms with Crippen molar-refractivity contribution in [1.82, 2.24) is 4.98 Å². The Labute approximate surface area is 101 Å². The zero-order chi connectivity index (χ0) is 11.5. The summed E-state index contributed by atoms with van der Waals surface area (Å²) in [5, 5.41) is 12.0. The normalized spacial score (nSPS) is 10.4. The first kappa shape index (κ1) is 11.2. The topological polar surface area (TPSA) is 45.1 Å². The van der Waals surface area contributed by atoms with Crippen LogP contribution in [0.4, 0.5) is 10.1 Å². The third-order valence-corrected chi connectivity index (χ3v) is 3.05. The molecule has 1 aromatic heterocycles. The monoisotopic (exact) mass is 258 g/mol. The van der Waals surface area contributed by atoms with E-state index in [1.165, 1.54) is 23.5 Å². The predicted molar refractivity (Wildman–Crippen MR) is 62.5 cm³/mol. The lowest BCUT2D eigenvalue weighted by molar-refractivity contribution is 0.432. The zero-order valence-corrected chi connectivity index (χ0v) is 9.65. The molecular formula is C10H8ClFN2OS. The molecule has 0 fully saturated rings. The fourth-order valence-electron chi connectivity index (χ4n) is 1.17. The van der Waals surface area contributed by atoms with Crippen LogP contribution in [-0.2, 0) is 6.54 Å². The van der Waals surface area contributed by atoms with Gasteiger partial charge in [-0.15, -0.1) is 11.3 Å². The first-order valence-electron chi connectivity index (χ1n) is 4.48. The molecule has 0 aliphatic heterocycles. The molecule has 3 nitrogen and oxygen atoms in total. The number of nitrogens with one attached hydrogen (secondary N) is 1. The molecule has 6 heteroatoms. The minimum atomic E-state index is -0.646. The number of hydrogen-bond acceptors (Lipinski definition) is 4. The van der Waals surface area contributed by atoms with E-state index in [2.05, 4.69) is 10.3 Å². The lowest BCUT2D eigenvalue weighted by Crippen LogP contribution is -1.97. The molecule has 2 N–H and O–H groups in total. The fraction of sp³-hybridized carbons (Fsp3) is 0.100. The van der Waals surface area contributed by atoms with Crippen molar-refractivity contribution in [3.8, 4) is 5.75 Å². The van der Waals surface area contributed by atoms with E-state index in [4.69, 9.17) is 16.7 Å². The molecule has 0 atom stereocenters. The summed E-state index contributed by atoms with van der Waals surface area (Å²) in [6, 6.07) is 4.14. The Hall–Kier alpha value is -1.33. The van der Waals surface area contributed by atoms with Gasteiger partial charge in [0.25, 0.3) is 0 Å². The van der Waals surface area contributed by atoms with Crippen LogP contribution < -0.4 is 5.32 Å². The number of phenols is 1. The van der Waals surface area contributed by atoms with Gasteiger partial charge in [0, 0.05) is 22.8 Å². The number of anilines is 1. The van der Waals surface area contributed by atoms with Crippen molar-refractivity contribution in [3.63, 3.8) is 0 Å². The molecule has 1 heterocycles. The summed E-state index contributed by atoms with van der Waals surface area (Å²) in [5.74, 6) is -1.00. The number of thiazole rings is 1. The molecule has 0 saturated heterocycles. The molecular weight excluding hydrogens is 251 g/mol. The number of aromatic nitrogens is 1. The maximum atomic E-state index is 13.0. The van der Waals surface area contributed by atoms with Crippen LogP contribution in [0, 0.1) is 5.82 Å². The van der Waals surface area contributed by atoms with Crippen molar-refractivity contribution in [2.45, 2.75) is 6.54 Å². The number of aromatic hydroxyl groups is 1. The Bertz CT molecular complexity index is 503. The van der Waals surface area contributed by atoms with Crippen LogP contribution in [0.25, 0.3) is 0 Å². The average molecular weight is 259 g/mol. The second-order valence-corrected chi connectivity index (χ2v) is 4.80. The van der Waals surface area contributed by atoms with E-state index >= 15 is 0 Å². The van der Waals surface area contributed by atoms with Gasteiger partial charge >= 0.3 is 0 Å². The zero-order valence-electron chi connectivity index (χ0n) is 8.08. The van der Waals surface area contributed by atoms with Crippen LogP contribution in [0.3, 0.4) is 0 Å². The molecule has 2 aromatic rings. The summed E-state index contributed by atoms with van der Waals surface area (Å²) in [5.41, 5.74) is 0.597. The first-order chi connectivity index (χ1) is 7.65. The van der Waals surface area contributed by atoms with E-state index in [1.807, 2.05) is 0 Å². The van der Waals surface area contributed by atoms with Gasteiger partial charge in [0.2, 0.25) is 0 Å². The Morgan fingerprint density at radius 1 is 1.50 bits per heavy atom. The van der Waals surface area contributed by atoms with E-state index in [0.29, 0.717) is 16.7 Å². The van der Waals surface area contributed by atoms with Crippen molar-refractivity contribution in [2.75, 3.05) is 5.32 Å². The van der Waals surface area contributed by atoms with Crippen LogP contribution in [0.1, 0.15) is 4.88 Å². The molecule has 2 rings (SSSR count). The highest BCUT2D eigenvalue weighted by molar-refractivity contribution is 7.15. The fourth-order valence-corrected chi connectivity index (χ4v) is 2.09. The van der Waals surface area contributed by atoms with Crippen molar-refractivity contribution in [2.24, 2.45) is 0 Å². The van der Waals surface area contributed by atoms with Crippen LogP contribution >= 0.6 is 22.9 Å². The highest BCUT2D eigenvalue weighted by Gasteiger charge is 2.02. The minimum absolute atomic E-state index is 0.355. The summed E-state index contributed by atoms with van der Waals surface area (Å²) in [4.78, 5) is 4.85. The van der Waals surface area contributed by atoms with Gasteiger partial charge in [-0.05, 0) is 12.1 Å². The molecule has 0 saturated carbocycles. The van der Waals surface area contributed by atoms with Crippen molar-refractivity contribution in [1.29, 1.82) is 0 Å².